The van der Waals surface area contributed by atoms with Gasteiger partial charge in [0.15, 0.2) is 0 Å². The molecule has 0 N–H and O–H groups in total. The van der Waals surface area contributed by atoms with Crippen molar-refractivity contribution in [3.05, 3.63) is 58.7 Å². The van der Waals surface area contributed by atoms with Crippen LogP contribution in [0.1, 0.15) is 55.2 Å². The van der Waals surface area contributed by atoms with Gasteiger partial charge < -0.3 is 4.90 Å². The van der Waals surface area contributed by atoms with E-state index in [-0.39, 0.29) is 0 Å². The van der Waals surface area contributed by atoms with Crippen LogP contribution < -0.4 is 4.90 Å². The summed E-state index contributed by atoms with van der Waals surface area (Å²) >= 11 is 0. The third-order valence-corrected chi connectivity index (χ3v) is 5.33. The number of hydrogen-bond acceptors (Lipinski definition) is 4. The van der Waals surface area contributed by atoms with Gasteiger partial charge in [-0.25, -0.2) is 4.98 Å². The first-order valence-electron chi connectivity index (χ1n) is 7.84. The Morgan fingerprint density at radius 2 is 1.55 bits per heavy atom. The van der Waals surface area contributed by atoms with Crippen molar-refractivity contribution in [2.24, 2.45) is 0 Å². The molecule has 0 bridgehead atoms. The van der Waals surface area contributed by atoms with E-state index in [1.54, 1.807) is 0 Å². The van der Waals surface area contributed by atoms with Crippen LogP contribution in [-0.4, -0.2) is 22.2 Å². The van der Waals surface area contributed by atoms with Gasteiger partial charge in [0.25, 0.3) is 0 Å². The predicted octanol–water partition coefficient (Wildman–Crippen LogP) is 3.60. The van der Waals surface area contributed by atoms with Crippen LogP contribution in [0.4, 0.5) is 5.82 Å². The summed E-state index contributed by atoms with van der Waals surface area (Å²) < 4.78 is 0. The fourth-order valence-electron chi connectivity index (χ4n) is 4.24. The number of rotatable bonds is 0. The van der Waals surface area contributed by atoms with E-state index >= 15 is 0 Å². The third-order valence-electron chi connectivity index (χ3n) is 5.33. The molecule has 4 rings (SSSR count). The Kier molecular flexibility index (Phi) is 2.83. The van der Waals surface area contributed by atoms with Crippen LogP contribution in [0.2, 0.25) is 0 Å². The molecule has 22 heavy (non-hydrogen) atoms. The molecule has 2 aliphatic rings. The summed E-state index contributed by atoms with van der Waals surface area (Å²) in [7, 11) is 2.13. The lowest BCUT2D eigenvalue weighted by Crippen LogP contribution is -2.34. The highest BCUT2D eigenvalue weighted by Crippen LogP contribution is 2.52. The van der Waals surface area contributed by atoms with Gasteiger partial charge in [0.1, 0.15) is 5.82 Å². The summed E-state index contributed by atoms with van der Waals surface area (Å²) in [5.74, 6) is 2.15. The molecular formula is C18H20N4. The highest BCUT2D eigenvalue weighted by Gasteiger charge is 2.39. The van der Waals surface area contributed by atoms with E-state index < -0.39 is 0 Å². The van der Waals surface area contributed by atoms with Gasteiger partial charge in [-0.2, -0.15) is 10.2 Å². The number of likely N-dealkylation sites (N-methyl/N-ethyl adjacent to an activating group) is 1. The molecule has 2 aromatic heterocycles. The molecule has 4 nitrogen and oxygen atoms in total. The van der Waals surface area contributed by atoms with Crippen LogP contribution in [0.15, 0.2) is 42.0 Å². The number of nitrogens with zero attached hydrogens (tertiary/aromatic N) is 4. The molecule has 0 saturated carbocycles. The van der Waals surface area contributed by atoms with E-state index in [1.807, 2.05) is 24.7 Å². The standard InChI is InChI=1S/C18H20N4/c1-10-13-6-5-7-19-18(13)22(4)17-12(3)15-9-21-20-8-14(15)11(2)16(10)17/h5-12H,1-4H3. The summed E-state index contributed by atoms with van der Waals surface area (Å²) in [5, 5.41) is 8.21. The van der Waals surface area contributed by atoms with E-state index in [0.717, 1.165) is 5.82 Å². The maximum Gasteiger partial charge on any atom is 0.136 e. The maximum atomic E-state index is 4.62. The molecule has 3 atom stereocenters. The van der Waals surface area contributed by atoms with Crippen molar-refractivity contribution in [3.8, 4) is 0 Å². The van der Waals surface area contributed by atoms with E-state index in [9.17, 15) is 0 Å². The lowest BCUT2D eigenvalue weighted by Gasteiger charge is -2.43. The topological polar surface area (TPSA) is 41.9 Å². The zero-order valence-electron chi connectivity index (χ0n) is 13.4. The van der Waals surface area contributed by atoms with Crippen LogP contribution in [0.5, 0.6) is 0 Å². The second-order valence-electron chi connectivity index (χ2n) is 6.38. The SMILES string of the molecule is CC1C2=C(C(C)c3cnncc31)N(C)c1ncccc1C2C. The smallest absolute Gasteiger partial charge is 0.136 e. The maximum absolute atomic E-state index is 4.62. The van der Waals surface area contributed by atoms with E-state index in [4.69, 9.17) is 0 Å². The van der Waals surface area contributed by atoms with Gasteiger partial charge in [0.2, 0.25) is 0 Å². The van der Waals surface area contributed by atoms with E-state index in [2.05, 4.69) is 54.0 Å². The number of hydrogen-bond donors (Lipinski definition) is 0. The average molecular weight is 292 g/mol. The number of allylic oxidation sites excluding steroid dienone is 2. The van der Waals surface area contributed by atoms with Crippen LogP contribution in [0.3, 0.4) is 0 Å². The molecule has 0 spiro atoms. The Morgan fingerprint density at radius 1 is 0.909 bits per heavy atom. The van der Waals surface area contributed by atoms with Crippen LogP contribution >= 0.6 is 0 Å². The molecule has 4 heteroatoms. The average Bonchev–Trinajstić information content (AvgIpc) is 2.56. The second-order valence-corrected chi connectivity index (χ2v) is 6.38. The molecule has 0 saturated heterocycles. The molecule has 3 heterocycles. The largest absolute Gasteiger partial charge is 0.332 e. The molecule has 112 valence electrons. The monoisotopic (exact) mass is 292 g/mol. The van der Waals surface area contributed by atoms with Crippen molar-refractivity contribution in [3.63, 3.8) is 0 Å². The number of pyridine rings is 1. The Morgan fingerprint density at radius 3 is 2.27 bits per heavy atom. The first kappa shape index (κ1) is 13.4. The van der Waals surface area contributed by atoms with E-state index in [1.165, 1.54) is 28.0 Å². The minimum Gasteiger partial charge on any atom is -0.332 e. The predicted molar refractivity (Wildman–Crippen MR) is 86.9 cm³/mol. The quantitative estimate of drug-likeness (QED) is 0.744. The second kappa shape index (κ2) is 4.63. The first-order valence-corrected chi connectivity index (χ1v) is 7.84. The lowest BCUT2D eigenvalue weighted by atomic mass is 9.70. The highest BCUT2D eigenvalue weighted by atomic mass is 15.2. The molecule has 2 aromatic rings. The molecule has 0 aromatic carbocycles. The van der Waals surface area contributed by atoms with Crippen molar-refractivity contribution in [1.82, 2.24) is 15.2 Å². The van der Waals surface area contributed by atoms with Gasteiger partial charge >= 0.3 is 0 Å². The molecular weight excluding hydrogens is 272 g/mol. The Bertz CT molecular complexity index is 653. The van der Waals surface area contributed by atoms with E-state index in [0.29, 0.717) is 17.8 Å². The molecule has 0 amide bonds. The number of aromatic nitrogens is 3. The van der Waals surface area contributed by atoms with Crippen molar-refractivity contribution in [2.45, 2.75) is 38.5 Å². The third kappa shape index (κ3) is 1.61. The van der Waals surface area contributed by atoms with Crippen LogP contribution in [0.25, 0.3) is 0 Å². The van der Waals surface area contributed by atoms with Crippen LogP contribution in [0, 0.1) is 0 Å². The highest BCUT2D eigenvalue weighted by molar-refractivity contribution is 5.65. The zero-order valence-corrected chi connectivity index (χ0v) is 13.4. The molecule has 0 fully saturated rings. The van der Waals surface area contributed by atoms with Gasteiger partial charge in [0, 0.05) is 42.3 Å². The Hall–Kier alpha value is -2.23. The van der Waals surface area contributed by atoms with Crippen LogP contribution in [-0.2, 0) is 0 Å². The van der Waals surface area contributed by atoms with Crippen molar-refractivity contribution < 1.29 is 0 Å². The van der Waals surface area contributed by atoms with Crippen molar-refractivity contribution in [2.75, 3.05) is 11.9 Å². The van der Waals surface area contributed by atoms with Crippen molar-refractivity contribution >= 4 is 5.82 Å². The van der Waals surface area contributed by atoms with Crippen molar-refractivity contribution in [1.29, 1.82) is 0 Å². The summed E-state index contributed by atoms with van der Waals surface area (Å²) in [6.07, 6.45) is 5.74. The first-order chi connectivity index (χ1) is 10.6. The Balaban J connectivity index is 1.96. The zero-order chi connectivity index (χ0) is 15.4. The van der Waals surface area contributed by atoms with Gasteiger partial charge in [0.05, 0.1) is 12.4 Å². The summed E-state index contributed by atoms with van der Waals surface area (Å²) in [4.78, 5) is 6.89. The normalized spacial score (nSPS) is 26.4. The molecule has 3 unspecified atom stereocenters. The van der Waals surface area contributed by atoms with Gasteiger partial charge in [-0.05, 0) is 22.8 Å². The molecule has 1 aliphatic heterocycles. The van der Waals surface area contributed by atoms with Gasteiger partial charge in [-0.15, -0.1) is 0 Å². The van der Waals surface area contributed by atoms with Gasteiger partial charge in [-0.1, -0.05) is 26.8 Å². The fourth-order valence-corrected chi connectivity index (χ4v) is 4.24. The summed E-state index contributed by atoms with van der Waals surface area (Å²) in [5.41, 5.74) is 6.80. The lowest BCUT2D eigenvalue weighted by molar-refractivity contribution is 0.629. The fraction of sp³-hybridized carbons (Fsp3) is 0.389. The Labute approximate surface area is 130 Å². The minimum atomic E-state index is 0.319. The summed E-state index contributed by atoms with van der Waals surface area (Å²) in [6.45, 7) is 6.85. The number of anilines is 1. The van der Waals surface area contributed by atoms with Gasteiger partial charge in [-0.3, -0.25) is 0 Å². The molecule has 1 aliphatic carbocycles. The molecule has 0 radical (unpaired) electrons. The summed E-state index contributed by atoms with van der Waals surface area (Å²) in [6, 6.07) is 4.23. The number of fused-ring (bicyclic) bond motifs is 2. The minimum absolute atomic E-state index is 0.319.